The lowest BCUT2D eigenvalue weighted by Gasteiger charge is -1.97. The number of benzene rings is 1. The van der Waals surface area contributed by atoms with Gasteiger partial charge in [0.15, 0.2) is 5.15 Å². The van der Waals surface area contributed by atoms with Crippen molar-refractivity contribution in [3.63, 3.8) is 0 Å². The minimum atomic E-state index is -0.382. The fraction of sp³-hybridized carbons (Fsp3) is 0.100. The van der Waals surface area contributed by atoms with Crippen molar-refractivity contribution >= 4 is 11.6 Å². The molecule has 0 saturated heterocycles. The molecule has 0 fully saturated rings. The highest BCUT2D eigenvalue weighted by molar-refractivity contribution is 6.30. The third-order valence-electron chi connectivity index (χ3n) is 2.02. The highest BCUT2D eigenvalue weighted by Crippen LogP contribution is 2.23. The van der Waals surface area contributed by atoms with E-state index < -0.39 is 0 Å². The fourth-order valence-corrected chi connectivity index (χ4v) is 1.47. The molecule has 0 bridgehead atoms. The molecular weight excluding hydrogens is 219 g/mol. The van der Waals surface area contributed by atoms with Crippen LogP contribution in [0.15, 0.2) is 24.3 Å². The summed E-state index contributed by atoms with van der Waals surface area (Å²) >= 11 is 5.72. The van der Waals surface area contributed by atoms with E-state index >= 15 is 0 Å². The van der Waals surface area contributed by atoms with Crippen molar-refractivity contribution in [1.82, 2.24) is 9.97 Å². The normalized spacial score (nSPS) is 10.6. The van der Waals surface area contributed by atoms with Gasteiger partial charge in [-0.15, -0.1) is 0 Å². The lowest BCUT2D eigenvalue weighted by molar-refractivity contribution is 0.277. The average Bonchev–Trinajstić information content (AvgIpc) is 2.60. The number of aliphatic hydroxyl groups is 1. The molecule has 5 heteroatoms. The third-order valence-corrected chi connectivity index (χ3v) is 2.33. The van der Waals surface area contributed by atoms with Crippen LogP contribution < -0.4 is 0 Å². The molecule has 1 aromatic heterocycles. The summed E-state index contributed by atoms with van der Waals surface area (Å²) in [5.41, 5.74) is 0.717. The van der Waals surface area contributed by atoms with E-state index in [1.165, 1.54) is 6.07 Å². The molecule has 3 nitrogen and oxygen atoms in total. The van der Waals surface area contributed by atoms with Crippen LogP contribution in [0.4, 0.5) is 4.39 Å². The number of aromatic nitrogens is 2. The molecule has 78 valence electrons. The van der Waals surface area contributed by atoms with Crippen LogP contribution in [-0.2, 0) is 6.61 Å². The number of nitrogens with zero attached hydrogens (tertiary/aromatic N) is 1. The van der Waals surface area contributed by atoms with Crippen molar-refractivity contribution in [2.24, 2.45) is 0 Å². The predicted octanol–water partition coefficient (Wildman–Crippen LogP) is 2.36. The molecule has 2 rings (SSSR count). The van der Waals surface area contributed by atoms with E-state index in [-0.39, 0.29) is 17.6 Å². The van der Waals surface area contributed by atoms with Crippen LogP contribution in [0.5, 0.6) is 0 Å². The first-order valence-corrected chi connectivity index (χ1v) is 4.70. The molecule has 1 heterocycles. The van der Waals surface area contributed by atoms with Crippen molar-refractivity contribution in [3.8, 4) is 11.4 Å². The van der Waals surface area contributed by atoms with Gasteiger partial charge in [0.05, 0.1) is 17.9 Å². The lowest BCUT2D eigenvalue weighted by atomic mass is 10.2. The number of hydrogen-bond acceptors (Lipinski definition) is 2. The summed E-state index contributed by atoms with van der Waals surface area (Å²) < 4.78 is 13.4. The molecule has 2 N–H and O–H groups in total. The van der Waals surface area contributed by atoms with Gasteiger partial charge < -0.3 is 10.1 Å². The molecule has 0 unspecified atom stereocenters. The van der Waals surface area contributed by atoms with Gasteiger partial charge in [0.2, 0.25) is 0 Å². The Morgan fingerprint density at radius 2 is 2.13 bits per heavy atom. The Kier molecular flexibility index (Phi) is 2.70. The molecule has 2 aromatic rings. The fourth-order valence-electron chi connectivity index (χ4n) is 1.27. The van der Waals surface area contributed by atoms with Crippen LogP contribution in [0, 0.1) is 5.82 Å². The molecule has 0 atom stereocenters. The van der Waals surface area contributed by atoms with Crippen LogP contribution in [0.3, 0.4) is 0 Å². The number of nitrogens with one attached hydrogen (secondary N) is 1. The average molecular weight is 227 g/mol. The van der Waals surface area contributed by atoms with Crippen LogP contribution >= 0.6 is 11.6 Å². The molecule has 0 aliphatic carbocycles. The summed E-state index contributed by atoms with van der Waals surface area (Å²) in [4.78, 5) is 6.68. The van der Waals surface area contributed by atoms with Gasteiger partial charge in [-0.05, 0) is 12.1 Å². The minimum absolute atomic E-state index is 0.163. The molecule has 1 aromatic carbocycles. The topological polar surface area (TPSA) is 48.9 Å². The van der Waals surface area contributed by atoms with Crippen molar-refractivity contribution in [2.75, 3.05) is 0 Å². The minimum Gasteiger partial charge on any atom is -0.390 e. The van der Waals surface area contributed by atoms with Crippen LogP contribution in [-0.4, -0.2) is 15.1 Å². The Morgan fingerprint density at radius 3 is 2.73 bits per heavy atom. The number of imidazole rings is 1. The molecular formula is C10H8ClFN2O. The maximum atomic E-state index is 13.4. The maximum absolute atomic E-state index is 13.4. The number of hydrogen-bond donors (Lipinski definition) is 2. The summed E-state index contributed by atoms with van der Waals surface area (Å²) in [5.74, 6) is -0.0606. The largest absolute Gasteiger partial charge is 0.390 e. The third kappa shape index (κ3) is 1.86. The highest BCUT2D eigenvalue weighted by atomic mass is 35.5. The number of aliphatic hydroxyl groups excluding tert-OH is 1. The second-order valence-electron chi connectivity index (χ2n) is 2.99. The van der Waals surface area contributed by atoms with Crippen molar-refractivity contribution < 1.29 is 9.50 Å². The zero-order valence-corrected chi connectivity index (χ0v) is 8.42. The van der Waals surface area contributed by atoms with Gasteiger partial charge in [0.25, 0.3) is 0 Å². The van der Waals surface area contributed by atoms with Gasteiger partial charge in [0.1, 0.15) is 11.6 Å². The van der Waals surface area contributed by atoms with Crippen molar-refractivity contribution in [1.29, 1.82) is 0 Å². The lowest BCUT2D eigenvalue weighted by Crippen LogP contribution is -1.86. The highest BCUT2D eigenvalue weighted by Gasteiger charge is 2.11. The van der Waals surface area contributed by atoms with E-state index in [4.69, 9.17) is 16.7 Å². The Labute approximate surface area is 90.5 Å². The molecule has 0 spiro atoms. The van der Waals surface area contributed by atoms with Crippen molar-refractivity contribution in [3.05, 3.63) is 40.9 Å². The van der Waals surface area contributed by atoms with E-state index in [0.717, 1.165) is 0 Å². The summed E-state index contributed by atoms with van der Waals surface area (Å²) in [6.07, 6.45) is 0. The van der Waals surface area contributed by atoms with Gasteiger partial charge in [0, 0.05) is 0 Å². The van der Waals surface area contributed by atoms with E-state index in [2.05, 4.69) is 9.97 Å². The molecule has 0 amide bonds. The van der Waals surface area contributed by atoms with Crippen LogP contribution in [0.25, 0.3) is 11.4 Å². The number of H-pyrrole nitrogens is 1. The molecule has 0 saturated carbocycles. The van der Waals surface area contributed by atoms with Crippen molar-refractivity contribution in [2.45, 2.75) is 6.61 Å². The smallest absolute Gasteiger partial charge is 0.153 e. The summed E-state index contributed by atoms with van der Waals surface area (Å²) in [5, 5.41) is 9.06. The van der Waals surface area contributed by atoms with Crippen LogP contribution in [0.1, 0.15) is 5.69 Å². The molecule has 0 aliphatic rings. The maximum Gasteiger partial charge on any atom is 0.153 e. The van der Waals surface area contributed by atoms with Crippen LogP contribution in [0.2, 0.25) is 5.15 Å². The molecule has 15 heavy (non-hydrogen) atoms. The van der Waals surface area contributed by atoms with Gasteiger partial charge in [-0.25, -0.2) is 9.37 Å². The Hall–Kier alpha value is -1.39. The van der Waals surface area contributed by atoms with Gasteiger partial charge in [-0.1, -0.05) is 23.7 Å². The predicted molar refractivity (Wildman–Crippen MR) is 54.9 cm³/mol. The first-order chi connectivity index (χ1) is 7.22. The number of halogens is 2. The monoisotopic (exact) mass is 226 g/mol. The summed E-state index contributed by atoms with van der Waals surface area (Å²) in [7, 11) is 0. The van der Waals surface area contributed by atoms with Gasteiger partial charge in [-0.3, -0.25) is 0 Å². The molecule has 0 radical (unpaired) electrons. The Bertz CT molecular complexity index is 484. The zero-order chi connectivity index (χ0) is 10.8. The second kappa shape index (κ2) is 4.00. The summed E-state index contributed by atoms with van der Waals surface area (Å²) in [6, 6.07) is 6.22. The Balaban J connectivity index is 2.50. The number of rotatable bonds is 2. The van der Waals surface area contributed by atoms with Gasteiger partial charge >= 0.3 is 0 Å². The first kappa shape index (κ1) is 10.1. The second-order valence-corrected chi connectivity index (χ2v) is 3.35. The Morgan fingerprint density at radius 1 is 1.40 bits per heavy atom. The quantitative estimate of drug-likeness (QED) is 0.826. The van der Waals surface area contributed by atoms with E-state index in [1.807, 2.05) is 0 Å². The van der Waals surface area contributed by atoms with E-state index in [0.29, 0.717) is 17.1 Å². The standard InChI is InChI=1S/C10H8ClFN2O/c11-9-8(5-15)13-10(14-9)6-3-1-2-4-7(6)12/h1-4,15H,5H2,(H,13,14). The molecule has 0 aliphatic heterocycles. The summed E-state index contributed by atoms with van der Waals surface area (Å²) in [6.45, 7) is -0.250. The van der Waals surface area contributed by atoms with Gasteiger partial charge in [-0.2, -0.15) is 0 Å². The first-order valence-electron chi connectivity index (χ1n) is 4.32. The number of aromatic amines is 1. The van der Waals surface area contributed by atoms with E-state index in [1.54, 1.807) is 18.2 Å². The zero-order valence-electron chi connectivity index (χ0n) is 7.67. The SMILES string of the molecule is OCc1[nH]c(-c2ccccc2F)nc1Cl. The van der Waals surface area contributed by atoms with E-state index in [9.17, 15) is 4.39 Å².